The monoisotopic (exact) mass is 283 g/mol. The molecule has 2 aromatic rings. The van der Waals surface area contributed by atoms with E-state index in [0.29, 0.717) is 12.6 Å². The van der Waals surface area contributed by atoms with Gasteiger partial charge in [0.1, 0.15) is 0 Å². The number of fused-ring (bicyclic) bond motifs is 1. The molecule has 1 aliphatic rings. The van der Waals surface area contributed by atoms with Crippen LogP contribution in [0.25, 0.3) is 10.9 Å². The van der Waals surface area contributed by atoms with E-state index in [1.807, 2.05) is 6.20 Å². The average Bonchev–Trinajstić information content (AvgIpc) is 2.78. The number of para-hydroxylation sites is 1. The zero-order valence-corrected chi connectivity index (χ0v) is 12.9. The van der Waals surface area contributed by atoms with E-state index in [4.69, 9.17) is 5.73 Å². The SMILES string of the molecule is CCC1CCCCCN1c1c(CN)cnc2ccccc12. The first-order chi connectivity index (χ1) is 10.3. The topological polar surface area (TPSA) is 42.1 Å². The first-order valence-corrected chi connectivity index (χ1v) is 8.18. The fourth-order valence-electron chi connectivity index (χ4n) is 3.55. The van der Waals surface area contributed by atoms with Crippen LogP contribution in [-0.2, 0) is 6.54 Å². The Bertz CT molecular complexity index is 608. The van der Waals surface area contributed by atoms with E-state index in [9.17, 15) is 0 Å². The highest BCUT2D eigenvalue weighted by Gasteiger charge is 2.23. The van der Waals surface area contributed by atoms with Crippen molar-refractivity contribution < 1.29 is 0 Å². The lowest BCUT2D eigenvalue weighted by Crippen LogP contribution is -2.35. The normalized spacial score (nSPS) is 19.7. The van der Waals surface area contributed by atoms with E-state index in [1.165, 1.54) is 48.7 Å². The van der Waals surface area contributed by atoms with Gasteiger partial charge in [0.05, 0.1) is 11.2 Å². The molecule has 1 saturated heterocycles. The van der Waals surface area contributed by atoms with Crippen LogP contribution in [0.15, 0.2) is 30.5 Å². The second kappa shape index (κ2) is 6.44. The van der Waals surface area contributed by atoms with Crippen molar-refractivity contribution in [2.24, 2.45) is 5.73 Å². The molecule has 1 fully saturated rings. The molecular weight excluding hydrogens is 258 g/mol. The minimum atomic E-state index is 0.556. The molecule has 112 valence electrons. The second-order valence-corrected chi connectivity index (χ2v) is 5.96. The maximum atomic E-state index is 6.01. The third-order valence-corrected chi connectivity index (χ3v) is 4.68. The third kappa shape index (κ3) is 2.75. The Morgan fingerprint density at radius 1 is 1.24 bits per heavy atom. The van der Waals surface area contributed by atoms with Gasteiger partial charge in [-0.05, 0) is 25.3 Å². The number of nitrogens with zero attached hydrogens (tertiary/aromatic N) is 2. The molecular formula is C18H25N3. The lowest BCUT2D eigenvalue weighted by molar-refractivity contribution is 0.556. The smallest absolute Gasteiger partial charge is 0.0723 e. The molecule has 1 atom stereocenters. The predicted octanol–water partition coefficient (Wildman–Crippen LogP) is 3.85. The van der Waals surface area contributed by atoms with Crippen molar-refractivity contribution in [3.05, 3.63) is 36.0 Å². The van der Waals surface area contributed by atoms with E-state index in [2.05, 4.69) is 41.1 Å². The maximum absolute atomic E-state index is 6.01. The van der Waals surface area contributed by atoms with Crippen molar-refractivity contribution in [3.63, 3.8) is 0 Å². The van der Waals surface area contributed by atoms with Crippen LogP contribution >= 0.6 is 0 Å². The molecule has 2 N–H and O–H groups in total. The van der Waals surface area contributed by atoms with Gasteiger partial charge >= 0.3 is 0 Å². The molecule has 3 rings (SSSR count). The number of pyridine rings is 1. The fourth-order valence-corrected chi connectivity index (χ4v) is 3.55. The van der Waals surface area contributed by atoms with E-state index < -0.39 is 0 Å². The Labute approximate surface area is 127 Å². The van der Waals surface area contributed by atoms with Crippen molar-refractivity contribution in [2.45, 2.75) is 51.6 Å². The Balaban J connectivity index is 2.15. The van der Waals surface area contributed by atoms with Gasteiger partial charge in [-0.25, -0.2) is 0 Å². The molecule has 0 saturated carbocycles. The zero-order chi connectivity index (χ0) is 14.7. The number of benzene rings is 1. The summed E-state index contributed by atoms with van der Waals surface area (Å²) in [6, 6.07) is 9.07. The summed E-state index contributed by atoms with van der Waals surface area (Å²) in [5.41, 5.74) is 9.59. The summed E-state index contributed by atoms with van der Waals surface area (Å²) in [7, 11) is 0. The molecule has 0 spiro atoms. The summed E-state index contributed by atoms with van der Waals surface area (Å²) >= 11 is 0. The summed E-state index contributed by atoms with van der Waals surface area (Å²) < 4.78 is 0. The first kappa shape index (κ1) is 14.3. The molecule has 0 radical (unpaired) electrons. The summed E-state index contributed by atoms with van der Waals surface area (Å²) in [4.78, 5) is 7.19. The molecule has 1 aromatic heterocycles. The number of anilines is 1. The van der Waals surface area contributed by atoms with Gasteiger partial charge in [-0.3, -0.25) is 4.98 Å². The van der Waals surface area contributed by atoms with Crippen LogP contribution in [0.1, 0.15) is 44.6 Å². The summed E-state index contributed by atoms with van der Waals surface area (Å²) in [5, 5.41) is 1.25. The summed E-state index contributed by atoms with van der Waals surface area (Å²) in [6.07, 6.45) is 8.41. The molecule has 1 unspecified atom stereocenters. The van der Waals surface area contributed by atoms with E-state index in [1.54, 1.807) is 0 Å². The van der Waals surface area contributed by atoms with Gasteiger partial charge in [0.15, 0.2) is 0 Å². The van der Waals surface area contributed by atoms with Crippen LogP contribution in [0.5, 0.6) is 0 Å². The number of hydrogen-bond donors (Lipinski definition) is 1. The van der Waals surface area contributed by atoms with Gasteiger partial charge in [-0.15, -0.1) is 0 Å². The first-order valence-electron chi connectivity index (χ1n) is 8.18. The van der Waals surface area contributed by atoms with Gasteiger partial charge in [-0.2, -0.15) is 0 Å². The van der Waals surface area contributed by atoms with Crippen molar-refractivity contribution in [3.8, 4) is 0 Å². The van der Waals surface area contributed by atoms with Crippen LogP contribution in [0.2, 0.25) is 0 Å². The van der Waals surface area contributed by atoms with Crippen molar-refractivity contribution in [1.29, 1.82) is 0 Å². The van der Waals surface area contributed by atoms with Crippen molar-refractivity contribution in [2.75, 3.05) is 11.4 Å². The zero-order valence-electron chi connectivity index (χ0n) is 12.9. The molecule has 0 amide bonds. The standard InChI is InChI=1S/C18H25N3/c1-2-15-8-4-3-7-11-21(15)18-14(12-19)13-20-17-10-6-5-9-16(17)18/h5-6,9-10,13,15H,2-4,7-8,11-12,19H2,1H3. The fraction of sp³-hybridized carbons (Fsp3) is 0.500. The Hall–Kier alpha value is -1.61. The minimum Gasteiger partial charge on any atom is -0.368 e. The lowest BCUT2D eigenvalue weighted by Gasteiger charge is -2.34. The number of nitrogens with two attached hydrogens (primary N) is 1. The highest BCUT2D eigenvalue weighted by Crippen LogP contribution is 2.34. The molecule has 0 bridgehead atoms. The highest BCUT2D eigenvalue weighted by atomic mass is 15.2. The van der Waals surface area contributed by atoms with Crippen LogP contribution in [0.4, 0.5) is 5.69 Å². The van der Waals surface area contributed by atoms with Crippen LogP contribution in [0.3, 0.4) is 0 Å². The largest absolute Gasteiger partial charge is 0.368 e. The quantitative estimate of drug-likeness (QED) is 0.930. The lowest BCUT2D eigenvalue weighted by atomic mass is 10.0. The second-order valence-electron chi connectivity index (χ2n) is 5.96. The van der Waals surface area contributed by atoms with Crippen LogP contribution in [0, 0.1) is 0 Å². The summed E-state index contributed by atoms with van der Waals surface area (Å²) in [6.45, 7) is 3.99. The van der Waals surface area contributed by atoms with E-state index >= 15 is 0 Å². The van der Waals surface area contributed by atoms with Gasteiger partial charge in [-0.1, -0.05) is 38.0 Å². The number of hydrogen-bond acceptors (Lipinski definition) is 3. The minimum absolute atomic E-state index is 0.556. The molecule has 3 nitrogen and oxygen atoms in total. The van der Waals surface area contributed by atoms with Crippen molar-refractivity contribution in [1.82, 2.24) is 4.98 Å². The molecule has 1 aliphatic heterocycles. The highest BCUT2D eigenvalue weighted by molar-refractivity contribution is 5.93. The van der Waals surface area contributed by atoms with E-state index in [0.717, 1.165) is 12.1 Å². The van der Waals surface area contributed by atoms with Crippen LogP contribution < -0.4 is 10.6 Å². The molecule has 1 aromatic carbocycles. The Kier molecular flexibility index (Phi) is 4.39. The van der Waals surface area contributed by atoms with Gasteiger partial charge in [0, 0.05) is 36.3 Å². The third-order valence-electron chi connectivity index (χ3n) is 4.68. The van der Waals surface area contributed by atoms with Gasteiger partial charge < -0.3 is 10.6 Å². The average molecular weight is 283 g/mol. The van der Waals surface area contributed by atoms with Gasteiger partial charge in [0.2, 0.25) is 0 Å². The maximum Gasteiger partial charge on any atom is 0.0723 e. The molecule has 3 heteroatoms. The molecule has 2 heterocycles. The van der Waals surface area contributed by atoms with E-state index in [-0.39, 0.29) is 0 Å². The van der Waals surface area contributed by atoms with Gasteiger partial charge in [0.25, 0.3) is 0 Å². The Morgan fingerprint density at radius 3 is 2.90 bits per heavy atom. The number of aromatic nitrogens is 1. The predicted molar refractivity (Wildman–Crippen MR) is 89.5 cm³/mol. The Morgan fingerprint density at radius 2 is 2.10 bits per heavy atom. The van der Waals surface area contributed by atoms with Crippen LogP contribution in [-0.4, -0.2) is 17.6 Å². The molecule has 0 aliphatic carbocycles. The number of rotatable bonds is 3. The van der Waals surface area contributed by atoms with Crippen molar-refractivity contribution >= 4 is 16.6 Å². The molecule has 21 heavy (non-hydrogen) atoms. The summed E-state index contributed by atoms with van der Waals surface area (Å²) in [5.74, 6) is 0.